The van der Waals surface area contributed by atoms with Gasteiger partial charge in [-0.3, -0.25) is 14.4 Å². The van der Waals surface area contributed by atoms with Crippen molar-refractivity contribution in [1.29, 1.82) is 5.53 Å². The smallest absolute Gasteiger partial charge is 0.309 e. The lowest BCUT2D eigenvalue weighted by Crippen LogP contribution is -2.43. The molecule has 9 nitrogen and oxygen atoms in total. The molecular weight excluding hydrogens is 352 g/mol. The van der Waals surface area contributed by atoms with Gasteiger partial charge in [0.25, 0.3) is 5.91 Å². The van der Waals surface area contributed by atoms with Gasteiger partial charge in [-0.1, -0.05) is 0 Å². The molecule has 0 saturated carbocycles. The molecule has 144 valence electrons. The van der Waals surface area contributed by atoms with Crippen molar-refractivity contribution in [2.24, 2.45) is 5.11 Å². The van der Waals surface area contributed by atoms with E-state index in [0.717, 1.165) is 12.8 Å². The van der Waals surface area contributed by atoms with E-state index in [1.54, 1.807) is 29.2 Å². The van der Waals surface area contributed by atoms with Crippen LogP contribution in [0, 0.1) is 5.53 Å². The molecule has 27 heavy (non-hydrogen) atoms. The molecule has 0 radical (unpaired) electrons. The lowest BCUT2D eigenvalue weighted by atomic mass is 10.1. The number of ether oxygens (including phenoxy) is 1. The molecule has 3 N–H and O–H groups in total. The van der Waals surface area contributed by atoms with Gasteiger partial charge in [0.05, 0.1) is 18.7 Å². The number of likely N-dealkylation sites (tertiary alicyclic amines) is 1. The second kappa shape index (κ2) is 9.46. The highest BCUT2D eigenvalue weighted by molar-refractivity contribution is 5.94. The number of hydrogen-bond donors (Lipinski definition) is 3. The Kier molecular flexibility index (Phi) is 7.04. The van der Waals surface area contributed by atoms with Crippen LogP contribution in [0.2, 0.25) is 0 Å². The van der Waals surface area contributed by atoms with Crippen LogP contribution in [0.3, 0.4) is 0 Å². The molecule has 2 rings (SSSR count). The zero-order valence-corrected chi connectivity index (χ0v) is 15.0. The van der Waals surface area contributed by atoms with Crippen LogP contribution < -0.4 is 5.32 Å². The number of carbonyl (C=O) groups excluding carboxylic acids is 2. The average molecular weight is 374 g/mol. The third-order valence-electron chi connectivity index (χ3n) is 4.01. The second-order valence-corrected chi connectivity index (χ2v) is 6.16. The number of carbonyl (C=O) groups is 3. The Morgan fingerprint density at radius 2 is 2.07 bits per heavy atom. The summed E-state index contributed by atoms with van der Waals surface area (Å²) < 4.78 is 5.20. The van der Waals surface area contributed by atoms with Crippen LogP contribution >= 0.6 is 0 Å². The summed E-state index contributed by atoms with van der Waals surface area (Å²) in [7, 11) is 0. The largest absolute Gasteiger partial charge is 0.481 e. The third-order valence-corrected chi connectivity index (χ3v) is 4.01. The van der Waals surface area contributed by atoms with E-state index in [1.807, 2.05) is 0 Å². The molecule has 1 aliphatic rings. The van der Waals surface area contributed by atoms with E-state index < -0.39 is 5.97 Å². The van der Waals surface area contributed by atoms with Gasteiger partial charge in [0, 0.05) is 30.9 Å². The molecule has 1 aromatic rings. The first-order valence-electron chi connectivity index (χ1n) is 8.50. The van der Waals surface area contributed by atoms with Crippen LogP contribution in [-0.2, 0) is 14.3 Å². The quantitative estimate of drug-likeness (QED) is 0.496. The molecule has 1 unspecified atom stereocenters. The number of amides is 1. The molecule has 9 heteroatoms. The summed E-state index contributed by atoms with van der Waals surface area (Å²) in [5, 5.41) is 14.7. The van der Waals surface area contributed by atoms with Crippen LogP contribution in [0.1, 0.15) is 36.5 Å². The van der Waals surface area contributed by atoms with Crippen molar-refractivity contribution in [1.82, 2.24) is 4.90 Å². The van der Waals surface area contributed by atoms with E-state index in [1.165, 1.54) is 13.1 Å². The highest BCUT2D eigenvalue weighted by atomic mass is 16.5. The molecule has 1 heterocycles. The van der Waals surface area contributed by atoms with E-state index in [9.17, 15) is 14.4 Å². The molecule has 1 amide bonds. The van der Waals surface area contributed by atoms with E-state index in [0.29, 0.717) is 24.3 Å². The van der Waals surface area contributed by atoms with Crippen molar-refractivity contribution in [2.75, 3.05) is 18.4 Å². The van der Waals surface area contributed by atoms with Gasteiger partial charge in [-0.15, -0.1) is 0 Å². The van der Waals surface area contributed by atoms with Gasteiger partial charge in [0.1, 0.15) is 6.10 Å². The number of aliphatic carboxylic acids is 1. The first kappa shape index (κ1) is 20.1. The molecule has 0 aliphatic carbocycles. The van der Waals surface area contributed by atoms with Crippen LogP contribution in [0.15, 0.2) is 41.3 Å². The number of carboxylic acids is 1. The minimum atomic E-state index is -1.08. The van der Waals surface area contributed by atoms with Gasteiger partial charge >= 0.3 is 11.9 Å². The molecule has 0 bridgehead atoms. The monoisotopic (exact) mass is 374 g/mol. The highest BCUT2D eigenvalue weighted by Gasteiger charge is 2.26. The zero-order valence-electron chi connectivity index (χ0n) is 15.0. The first-order chi connectivity index (χ1) is 12.9. The van der Waals surface area contributed by atoms with Crippen molar-refractivity contribution in [3.05, 3.63) is 41.7 Å². The Hall–Kier alpha value is -3.23. The molecule has 0 spiro atoms. The number of piperidine rings is 1. The number of hydrogen-bond acceptors (Lipinski definition) is 7. The van der Waals surface area contributed by atoms with Crippen LogP contribution in [0.4, 0.5) is 5.69 Å². The average Bonchev–Trinajstić information content (AvgIpc) is 2.64. The summed E-state index contributed by atoms with van der Waals surface area (Å²) in [6.07, 6.45) is 2.24. The fourth-order valence-corrected chi connectivity index (χ4v) is 2.79. The van der Waals surface area contributed by atoms with Crippen molar-refractivity contribution in [3.8, 4) is 0 Å². The minimum absolute atomic E-state index is 0.0764. The van der Waals surface area contributed by atoms with Crippen molar-refractivity contribution in [3.63, 3.8) is 0 Å². The predicted molar refractivity (Wildman–Crippen MR) is 96.2 cm³/mol. The van der Waals surface area contributed by atoms with Gasteiger partial charge in [0.15, 0.2) is 0 Å². The van der Waals surface area contributed by atoms with E-state index in [4.69, 9.17) is 15.4 Å². The van der Waals surface area contributed by atoms with Gasteiger partial charge in [0.2, 0.25) is 0 Å². The maximum absolute atomic E-state index is 12.6. The van der Waals surface area contributed by atoms with Crippen molar-refractivity contribution >= 4 is 23.5 Å². The highest BCUT2D eigenvalue weighted by Crippen LogP contribution is 2.18. The minimum Gasteiger partial charge on any atom is -0.481 e. The number of nitrogens with one attached hydrogen (secondary N) is 2. The maximum atomic E-state index is 12.6. The number of esters is 1. The van der Waals surface area contributed by atoms with Gasteiger partial charge in [-0.2, -0.15) is 5.11 Å². The van der Waals surface area contributed by atoms with E-state index >= 15 is 0 Å². The Morgan fingerprint density at radius 3 is 2.67 bits per heavy atom. The number of anilines is 1. The molecule has 1 saturated heterocycles. The number of nitrogens with zero attached hydrogens (tertiary/aromatic N) is 2. The van der Waals surface area contributed by atoms with Gasteiger partial charge in [-0.05, 0) is 37.1 Å². The van der Waals surface area contributed by atoms with Crippen LogP contribution in [0.25, 0.3) is 0 Å². The van der Waals surface area contributed by atoms with E-state index in [-0.39, 0.29) is 30.1 Å². The lowest BCUT2D eigenvalue weighted by Gasteiger charge is -2.32. The second-order valence-electron chi connectivity index (χ2n) is 6.16. The molecule has 1 atom stereocenters. The summed E-state index contributed by atoms with van der Waals surface area (Å²) in [5.41, 5.74) is 8.17. The standard InChI is InChI=1S/C18H22N4O5/c1-12(23)27-16-3-2-8-22(11-16)18(26)13-4-6-14(7-5-13)20-10-15(21-19)9-17(24)25/h4-7,10,16,19-20H,2-3,8-9,11H2,1H3,(H,24,25)/b15-10-,21-19?. The summed E-state index contributed by atoms with van der Waals surface area (Å²) in [6, 6.07) is 6.67. The summed E-state index contributed by atoms with van der Waals surface area (Å²) in [6.45, 7) is 2.35. The Balaban J connectivity index is 1.98. The molecule has 1 aliphatic heterocycles. The zero-order chi connectivity index (χ0) is 19.8. The topological polar surface area (TPSA) is 132 Å². The SMILES string of the molecule is CC(=O)OC1CCCN(C(=O)c2ccc(N/C=C(/CC(=O)O)N=N)cc2)C1. The predicted octanol–water partition coefficient (Wildman–Crippen LogP) is 2.61. The van der Waals surface area contributed by atoms with Gasteiger partial charge < -0.3 is 20.1 Å². The molecule has 1 fully saturated rings. The van der Waals surface area contributed by atoms with E-state index in [2.05, 4.69) is 10.4 Å². The van der Waals surface area contributed by atoms with Crippen LogP contribution in [0.5, 0.6) is 0 Å². The van der Waals surface area contributed by atoms with Crippen molar-refractivity contribution in [2.45, 2.75) is 32.3 Å². The maximum Gasteiger partial charge on any atom is 0.309 e. The number of benzene rings is 1. The summed E-state index contributed by atoms with van der Waals surface area (Å²) in [5.74, 6) is -1.56. The third kappa shape index (κ3) is 6.21. The molecule has 0 aromatic heterocycles. The number of carboxylic acid groups (broad SMARTS) is 1. The fraction of sp³-hybridized carbons (Fsp3) is 0.389. The Bertz CT molecular complexity index is 745. The van der Waals surface area contributed by atoms with Crippen molar-refractivity contribution < 1.29 is 24.2 Å². The molecule has 1 aromatic carbocycles. The summed E-state index contributed by atoms with van der Waals surface area (Å²) in [4.78, 5) is 36.0. The Morgan fingerprint density at radius 1 is 1.37 bits per heavy atom. The fourth-order valence-electron chi connectivity index (χ4n) is 2.79. The Labute approximate surface area is 156 Å². The molecular formula is C18H22N4O5. The summed E-state index contributed by atoms with van der Waals surface area (Å²) >= 11 is 0. The lowest BCUT2D eigenvalue weighted by molar-refractivity contribution is -0.148. The van der Waals surface area contributed by atoms with Gasteiger partial charge in [-0.25, -0.2) is 5.53 Å². The van der Waals surface area contributed by atoms with Crippen LogP contribution in [-0.4, -0.2) is 47.0 Å². The number of rotatable bonds is 7. The first-order valence-corrected chi connectivity index (χ1v) is 8.50. The normalized spacial score (nSPS) is 17.1.